The Morgan fingerprint density at radius 1 is 0.950 bits per heavy atom. The summed E-state index contributed by atoms with van der Waals surface area (Å²) in [6, 6.07) is 18.0. The number of nitrogens with zero attached hydrogens (tertiary/aromatic N) is 2. The van der Waals surface area contributed by atoms with Gasteiger partial charge in [-0.15, -0.1) is 6.42 Å². The molecule has 0 aliphatic heterocycles. The van der Waals surface area contributed by atoms with E-state index in [1.807, 2.05) is 54.6 Å². The Balaban J connectivity index is 2.17. The van der Waals surface area contributed by atoms with Crippen LogP contribution in [0.4, 0.5) is 0 Å². The predicted octanol–water partition coefficient (Wildman–Crippen LogP) is 4.02. The molecular weight excluding hydrogens is 264 g/mol. The van der Waals surface area contributed by atoms with Crippen LogP contribution in [0, 0.1) is 12.3 Å². The largest absolute Gasteiger partial charge is 0.228 e. The van der Waals surface area contributed by atoms with E-state index in [0.29, 0.717) is 5.75 Å². The summed E-state index contributed by atoms with van der Waals surface area (Å²) >= 11 is 1.57. The van der Waals surface area contributed by atoms with Gasteiger partial charge in [-0.25, -0.2) is 9.97 Å². The van der Waals surface area contributed by atoms with Crippen LogP contribution in [0.25, 0.3) is 22.3 Å². The fourth-order valence-electron chi connectivity index (χ4n) is 1.98. The lowest BCUT2D eigenvalue weighted by Crippen LogP contribution is -1.94. The third kappa shape index (κ3) is 2.52. The normalized spacial score (nSPS) is 10.3. The molecule has 2 aromatic carbocycles. The van der Waals surface area contributed by atoms with E-state index in [-0.39, 0.29) is 0 Å². The van der Waals surface area contributed by atoms with Crippen molar-refractivity contribution in [3.8, 4) is 23.7 Å². The summed E-state index contributed by atoms with van der Waals surface area (Å²) < 4.78 is 0. The van der Waals surface area contributed by atoms with Crippen LogP contribution in [-0.4, -0.2) is 15.7 Å². The van der Waals surface area contributed by atoms with Crippen LogP contribution in [0.1, 0.15) is 0 Å². The van der Waals surface area contributed by atoms with Gasteiger partial charge in [-0.3, -0.25) is 0 Å². The van der Waals surface area contributed by atoms with Gasteiger partial charge in [0.05, 0.1) is 11.3 Å². The van der Waals surface area contributed by atoms with Crippen LogP contribution in [0.15, 0.2) is 59.6 Å². The molecule has 0 N–H and O–H groups in total. The van der Waals surface area contributed by atoms with Gasteiger partial charge >= 0.3 is 0 Å². The van der Waals surface area contributed by atoms with E-state index >= 15 is 0 Å². The van der Waals surface area contributed by atoms with Gasteiger partial charge in [0.2, 0.25) is 0 Å². The first-order chi connectivity index (χ1) is 9.88. The van der Waals surface area contributed by atoms with Crippen LogP contribution >= 0.6 is 11.8 Å². The fourth-order valence-corrected chi connectivity index (χ4v) is 2.68. The maximum Gasteiger partial charge on any atom is 0.161 e. The molecule has 3 heteroatoms. The number of para-hydroxylation sites is 1. The van der Waals surface area contributed by atoms with Crippen molar-refractivity contribution in [3.05, 3.63) is 54.6 Å². The summed E-state index contributed by atoms with van der Waals surface area (Å²) in [7, 11) is 0. The lowest BCUT2D eigenvalue weighted by Gasteiger charge is -2.07. The topological polar surface area (TPSA) is 25.8 Å². The number of benzene rings is 2. The van der Waals surface area contributed by atoms with Gasteiger partial charge in [-0.2, -0.15) is 0 Å². The minimum atomic E-state index is 0.606. The monoisotopic (exact) mass is 276 g/mol. The van der Waals surface area contributed by atoms with Crippen molar-refractivity contribution in [1.82, 2.24) is 9.97 Å². The molecule has 0 aliphatic carbocycles. The van der Waals surface area contributed by atoms with Gasteiger partial charge in [0.25, 0.3) is 0 Å². The summed E-state index contributed by atoms with van der Waals surface area (Å²) in [5.41, 5.74) is 1.96. The van der Waals surface area contributed by atoms with Crippen LogP contribution < -0.4 is 0 Å². The van der Waals surface area contributed by atoms with Crippen molar-refractivity contribution in [1.29, 1.82) is 0 Å². The van der Waals surface area contributed by atoms with E-state index in [0.717, 1.165) is 27.3 Å². The molecule has 3 rings (SSSR count). The van der Waals surface area contributed by atoms with Gasteiger partial charge in [0.15, 0.2) is 5.82 Å². The molecule has 0 fully saturated rings. The van der Waals surface area contributed by atoms with Crippen LogP contribution in [0.5, 0.6) is 0 Å². The second kappa shape index (κ2) is 5.77. The third-order valence-corrected chi connectivity index (χ3v) is 3.79. The fraction of sp³-hybridized carbons (Fsp3) is 0.0588. The van der Waals surface area contributed by atoms with Crippen molar-refractivity contribution >= 4 is 22.7 Å². The molecule has 1 heterocycles. The summed E-state index contributed by atoms with van der Waals surface area (Å²) in [4.78, 5) is 9.30. The Morgan fingerprint density at radius 3 is 2.50 bits per heavy atom. The third-order valence-electron chi connectivity index (χ3n) is 2.89. The SMILES string of the molecule is C#CCSc1nc(-c2ccccc2)nc2ccccc12. The second-order valence-electron chi connectivity index (χ2n) is 4.23. The van der Waals surface area contributed by atoms with Crippen LogP contribution in [-0.2, 0) is 0 Å². The summed E-state index contributed by atoms with van der Waals surface area (Å²) in [6.45, 7) is 0. The van der Waals surface area contributed by atoms with E-state index in [1.165, 1.54) is 0 Å². The number of rotatable bonds is 3. The first-order valence-electron chi connectivity index (χ1n) is 6.27. The molecular formula is C17H12N2S. The van der Waals surface area contributed by atoms with Gasteiger partial charge in [0, 0.05) is 10.9 Å². The average Bonchev–Trinajstić information content (AvgIpc) is 2.53. The van der Waals surface area contributed by atoms with E-state index < -0.39 is 0 Å². The van der Waals surface area contributed by atoms with Gasteiger partial charge in [-0.05, 0) is 6.07 Å². The molecule has 0 amide bonds. The van der Waals surface area contributed by atoms with Crippen molar-refractivity contribution < 1.29 is 0 Å². The van der Waals surface area contributed by atoms with Gasteiger partial charge in [0.1, 0.15) is 5.03 Å². The highest BCUT2D eigenvalue weighted by Gasteiger charge is 2.08. The Morgan fingerprint density at radius 2 is 1.70 bits per heavy atom. The standard InChI is InChI=1S/C17H12N2S/c1-2-12-20-17-14-10-6-7-11-15(14)18-16(19-17)13-8-4-3-5-9-13/h1,3-11H,12H2. The molecule has 0 atom stereocenters. The summed E-state index contributed by atoms with van der Waals surface area (Å²) in [5, 5.41) is 1.99. The van der Waals surface area contributed by atoms with E-state index in [1.54, 1.807) is 11.8 Å². The van der Waals surface area contributed by atoms with E-state index in [2.05, 4.69) is 15.9 Å². The highest BCUT2D eigenvalue weighted by atomic mass is 32.2. The smallest absolute Gasteiger partial charge is 0.161 e. The Labute approximate surface area is 122 Å². The minimum Gasteiger partial charge on any atom is -0.228 e. The minimum absolute atomic E-state index is 0.606. The van der Waals surface area contributed by atoms with Crippen molar-refractivity contribution in [3.63, 3.8) is 0 Å². The summed E-state index contributed by atoms with van der Waals surface area (Å²) in [5.74, 6) is 3.99. The molecule has 0 aliphatic rings. The first-order valence-corrected chi connectivity index (χ1v) is 7.25. The average molecular weight is 276 g/mol. The highest BCUT2D eigenvalue weighted by molar-refractivity contribution is 7.99. The molecule has 0 spiro atoms. The highest BCUT2D eigenvalue weighted by Crippen LogP contribution is 2.27. The molecule has 0 radical (unpaired) electrons. The zero-order valence-corrected chi connectivity index (χ0v) is 11.6. The maximum atomic E-state index is 5.36. The van der Waals surface area contributed by atoms with Gasteiger partial charge < -0.3 is 0 Å². The number of fused-ring (bicyclic) bond motifs is 1. The zero-order chi connectivity index (χ0) is 13.8. The first kappa shape index (κ1) is 12.7. The number of thioether (sulfide) groups is 1. The Kier molecular flexibility index (Phi) is 3.67. The number of hydrogen-bond acceptors (Lipinski definition) is 3. The van der Waals surface area contributed by atoms with Crippen molar-refractivity contribution in [2.24, 2.45) is 0 Å². The number of hydrogen-bond donors (Lipinski definition) is 0. The molecule has 0 saturated heterocycles. The van der Waals surface area contributed by atoms with E-state index in [9.17, 15) is 0 Å². The molecule has 3 aromatic rings. The lowest BCUT2D eigenvalue weighted by atomic mass is 10.2. The van der Waals surface area contributed by atoms with E-state index in [4.69, 9.17) is 6.42 Å². The summed E-state index contributed by atoms with van der Waals surface area (Å²) in [6.07, 6.45) is 5.36. The number of terminal acetylenes is 1. The molecule has 96 valence electrons. The zero-order valence-electron chi connectivity index (χ0n) is 10.8. The Bertz CT molecular complexity index is 776. The van der Waals surface area contributed by atoms with Crippen molar-refractivity contribution in [2.45, 2.75) is 5.03 Å². The Hall–Kier alpha value is -2.31. The quantitative estimate of drug-likeness (QED) is 0.410. The second-order valence-corrected chi connectivity index (χ2v) is 5.19. The molecule has 1 aromatic heterocycles. The van der Waals surface area contributed by atoms with Crippen molar-refractivity contribution in [2.75, 3.05) is 5.75 Å². The van der Waals surface area contributed by atoms with Gasteiger partial charge in [-0.1, -0.05) is 66.2 Å². The lowest BCUT2D eigenvalue weighted by molar-refractivity contribution is 1.11. The predicted molar refractivity (Wildman–Crippen MR) is 84.5 cm³/mol. The molecule has 2 nitrogen and oxygen atoms in total. The van der Waals surface area contributed by atoms with Crippen LogP contribution in [0.3, 0.4) is 0 Å². The maximum absolute atomic E-state index is 5.36. The molecule has 0 bridgehead atoms. The molecule has 20 heavy (non-hydrogen) atoms. The van der Waals surface area contributed by atoms with Crippen LogP contribution in [0.2, 0.25) is 0 Å². The molecule has 0 unspecified atom stereocenters. The number of aromatic nitrogens is 2. The molecule has 0 saturated carbocycles.